The summed E-state index contributed by atoms with van der Waals surface area (Å²) in [5.41, 5.74) is -3.96. The Bertz CT molecular complexity index is 1090. The van der Waals surface area contributed by atoms with Gasteiger partial charge in [0.15, 0.2) is 0 Å². The van der Waals surface area contributed by atoms with Crippen LogP contribution in [0.4, 0.5) is 23.2 Å². The van der Waals surface area contributed by atoms with E-state index >= 15 is 4.39 Å². The maximum Gasteiger partial charge on any atom is 0.420 e. The van der Waals surface area contributed by atoms with E-state index in [1.54, 1.807) is 0 Å². The van der Waals surface area contributed by atoms with E-state index in [9.17, 15) is 27.9 Å². The molecule has 6 nitrogen and oxygen atoms in total. The van der Waals surface area contributed by atoms with Crippen molar-refractivity contribution in [3.8, 4) is 0 Å². The standard InChI is InChI=1S/C21H23F4N3O3/c1-2-26-8-11-5-6-27(9-11)18-15(22)7-13-17(16(18)21(23,24)25)28(12-3-4-12)10-14(19(13)29)20(30)31/h7,10-12,26H,2-6,8-9H2,1H3,(H,30,31). The van der Waals surface area contributed by atoms with Gasteiger partial charge in [0.25, 0.3) is 0 Å². The molecule has 1 atom stereocenters. The van der Waals surface area contributed by atoms with Crippen LogP contribution < -0.4 is 15.6 Å². The number of carboxylic acids is 1. The van der Waals surface area contributed by atoms with Gasteiger partial charge in [-0.3, -0.25) is 4.79 Å². The Hall–Kier alpha value is -2.62. The van der Waals surface area contributed by atoms with Crippen LogP contribution in [0.1, 0.15) is 48.1 Å². The lowest BCUT2D eigenvalue weighted by molar-refractivity contribution is -0.136. The summed E-state index contributed by atoms with van der Waals surface area (Å²) in [6.45, 7) is 3.81. The summed E-state index contributed by atoms with van der Waals surface area (Å²) >= 11 is 0. The van der Waals surface area contributed by atoms with Gasteiger partial charge in [0.05, 0.1) is 16.6 Å². The predicted octanol–water partition coefficient (Wildman–Crippen LogP) is 3.63. The Labute approximate surface area is 175 Å². The molecule has 2 fully saturated rings. The van der Waals surface area contributed by atoms with Gasteiger partial charge in [-0.15, -0.1) is 0 Å². The molecule has 0 radical (unpaired) electrons. The van der Waals surface area contributed by atoms with Crippen molar-refractivity contribution < 1.29 is 27.5 Å². The van der Waals surface area contributed by atoms with E-state index in [-0.39, 0.29) is 25.0 Å². The molecule has 168 valence electrons. The van der Waals surface area contributed by atoms with Gasteiger partial charge in [0, 0.05) is 25.3 Å². The summed E-state index contributed by atoms with van der Waals surface area (Å²) in [5, 5.41) is 11.9. The Kier molecular flexibility index (Phi) is 5.45. The lowest BCUT2D eigenvalue weighted by Crippen LogP contribution is -2.29. The fourth-order valence-electron chi connectivity index (χ4n) is 4.40. The molecule has 10 heteroatoms. The Morgan fingerprint density at radius 1 is 1.29 bits per heavy atom. The van der Waals surface area contributed by atoms with Gasteiger partial charge >= 0.3 is 12.1 Å². The molecule has 4 rings (SSSR count). The van der Waals surface area contributed by atoms with Gasteiger partial charge in [-0.1, -0.05) is 6.92 Å². The predicted molar refractivity (Wildman–Crippen MR) is 107 cm³/mol. The first-order valence-corrected chi connectivity index (χ1v) is 10.3. The zero-order valence-electron chi connectivity index (χ0n) is 16.9. The van der Waals surface area contributed by atoms with Crippen molar-refractivity contribution in [2.45, 2.75) is 38.4 Å². The number of nitrogens with zero attached hydrogens (tertiary/aromatic N) is 2. The van der Waals surface area contributed by atoms with Crippen LogP contribution in [-0.2, 0) is 6.18 Å². The molecule has 1 unspecified atom stereocenters. The summed E-state index contributed by atoms with van der Waals surface area (Å²) in [4.78, 5) is 25.5. The molecule has 2 aliphatic rings. The third-order valence-corrected chi connectivity index (χ3v) is 5.98. The molecule has 1 aliphatic carbocycles. The van der Waals surface area contributed by atoms with Gasteiger partial charge in [0.1, 0.15) is 16.9 Å². The van der Waals surface area contributed by atoms with Crippen molar-refractivity contribution in [1.82, 2.24) is 9.88 Å². The molecule has 0 amide bonds. The molecule has 1 aromatic carbocycles. The van der Waals surface area contributed by atoms with E-state index in [4.69, 9.17) is 0 Å². The highest BCUT2D eigenvalue weighted by Gasteiger charge is 2.43. The SMILES string of the molecule is CCNCC1CCN(c2c(F)cc3c(=O)c(C(=O)O)cn(C4CC4)c3c2C(F)(F)F)C1. The number of alkyl halides is 3. The number of halogens is 4. The number of benzene rings is 1. The lowest BCUT2D eigenvalue weighted by atomic mass is 10.0. The van der Waals surface area contributed by atoms with E-state index in [2.05, 4.69) is 5.32 Å². The van der Waals surface area contributed by atoms with E-state index in [1.165, 1.54) is 9.47 Å². The number of carboxylic acid groups (broad SMARTS) is 1. The molecule has 0 bridgehead atoms. The van der Waals surface area contributed by atoms with E-state index in [0.717, 1.165) is 18.8 Å². The van der Waals surface area contributed by atoms with E-state index < -0.39 is 51.1 Å². The molecule has 2 heterocycles. The highest BCUT2D eigenvalue weighted by Crippen LogP contribution is 2.46. The van der Waals surface area contributed by atoms with Gasteiger partial charge < -0.3 is 19.9 Å². The molecular formula is C21H23F4N3O3. The molecule has 1 saturated heterocycles. The fourth-order valence-corrected chi connectivity index (χ4v) is 4.40. The lowest BCUT2D eigenvalue weighted by Gasteiger charge is -2.27. The molecule has 1 aromatic heterocycles. The van der Waals surface area contributed by atoms with Crippen molar-refractivity contribution in [3.05, 3.63) is 39.4 Å². The number of anilines is 1. The van der Waals surface area contributed by atoms with Crippen LogP contribution in [0.5, 0.6) is 0 Å². The second kappa shape index (κ2) is 7.81. The number of hydrogen-bond donors (Lipinski definition) is 2. The number of fused-ring (bicyclic) bond motifs is 1. The van der Waals surface area contributed by atoms with Gasteiger partial charge in [0.2, 0.25) is 5.43 Å². The van der Waals surface area contributed by atoms with Crippen LogP contribution >= 0.6 is 0 Å². The quantitative estimate of drug-likeness (QED) is 0.670. The topological polar surface area (TPSA) is 74.6 Å². The number of nitrogens with one attached hydrogen (secondary N) is 1. The molecule has 1 aliphatic heterocycles. The molecular weight excluding hydrogens is 418 g/mol. The zero-order chi connectivity index (χ0) is 22.5. The number of rotatable bonds is 6. The first-order valence-electron chi connectivity index (χ1n) is 10.3. The summed E-state index contributed by atoms with van der Waals surface area (Å²) in [5.74, 6) is -2.63. The fraction of sp³-hybridized carbons (Fsp3) is 0.524. The largest absolute Gasteiger partial charge is 0.477 e. The number of carbonyl (C=O) groups is 1. The third kappa shape index (κ3) is 3.88. The average molecular weight is 441 g/mol. The number of pyridine rings is 1. The molecule has 2 N–H and O–H groups in total. The Balaban J connectivity index is 1.97. The molecule has 31 heavy (non-hydrogen) atoms. The normalized spacial score (nSPS) is 19.4. The highest BCUT2D eigenvalue weighted by atomic mass is 19.4. The van der Waals surface area contributed by atoms with Crippen molar-refractivity contribution in [2.75, 3.05) is 31.1 Å². The minimum absolute atomic E-state index is 0.0798. The summed E-state index contributed by atoms with van der Waals surface area (Å²) < 4.78 is 59.3. The second-order valence-electron chi connectivity index (χ2n) is 8.20. The maximum absolute atomic E-state index is 15.1. The van der Waals surface area contributed by atoms with Crippen LogP contribution in [0.2, 0.25) is 0 Å². The second-order valence-corrected chi connectivity index (χ2v) is 8.20. The third-order valence-electron chi connectivity index (χ3n) is 5.98. The minimum Gasteiger partial charge on any atom is -0.477 e. The van der Waals surface area contributed by atoms with E-state index in [0.29, 0.717) is 25.8 Å². The monoisotopic (exact) mass is 441 g/mol. The summed E-state index contributed by atoms with van der Waals surface area (Å²) in [6, 6.07) is 0.422. The van der Waals surface area contributed by atoms with Crippen molar-refractivity contribution in [1.29, 1.82) is 0 Å². The smallest absolute Gasteiger partial charge is 0.420 e. The van der Waals surface area contributed by atoms with E-state index in [1.807, 2.05) is 6.92 Å². The minimum atomic E-state index is -4.93. The molecule has 2 aromatic rings. The van der Waals surface area contributed by atoms with Crippen molar-refractivity contribution in [2.24, 2.45) is 5.92 Å². The first kappa shape index (κ1) is 21.6. The van der Waals surface area contributed by atoms with Gasteiger partial charge in [-0.25, -0.2) is 9.18 Å². The number of hydrogen-bond acceptors (Lipinski definition) is 4. The Morgan fingerprint density at radius 2 is 2.00 bits per heavy atom. The average Bonchev–Trinajstić information content (AvgIpc) is 3.43. The van der Waals surface area contributed by atoms with Crippen LogP contribution in [0, 0.1) is 11.7 Å². The van der Waals surface area contributed by atoms with Gasteiger partial charge in [-0.2, -0.15) is 13.2 Å². The summed E-state index contributed by atoms with van der Waals surface area (Å²) in [7, 11) is 0. The van der Waals surface area contributed by atoms with Crippen LogP contribution in [-0.4, -0.2) is 41.8 Å². The van der Waals surface area contributed by atoms with Crippen LogP contribution in [0.15, 0.2) is 17.1 Å². The van der Waals surface area contributed by atoms with Gasteiger partial charge in [-0.05, 0) is 44.3 Å². The highest BCUT2D eigenvalue weighted by molar-refractivity contribution is 5.95. The Morgan fingerprint density at radius 3 is 2.58 bits per heavy atom. The van der Waals surface area contributed by atoms with Crippen LogP contribution in [0.3, 0.4) is 0 Å². The molecule has 1 saturated carbocycles. The molecule has 0 spiro atoms. The zero-order valence-corrected chi connectivity index (χ0v) is 16.9. The maximum atomic E-state index is 15.1. The number of aromatic nitrogens is 1. The van der Waals surface area contributed by atoms with Crippen molar-refractivity contribution >= 4 is 22.6 Å². The van der Waals surface area contributed by atoms with Crippen molar-refractivity contribution in [3.63, 3.8) is 0 Å². The van der Waals surface area contributed by atoms with Crippen LogP contribution in [0.25, 0.3) is 10.9 Å². The summed E-state index contributed by atoms with van der Waals surface area (Å²) in [6.07, 6.45) is -2.21. The number of aromatic carboxylic acids is 1. The first-order chi connectivity index (χ1) is 14.6.